The zero-order valence-electron chi connectivity index (χ0n) is 11.9. The molecule has 0 saturated heterocycles. The molecule has 0 unspecified atom stereocenters. The second-order valence-corrected chi connectivity index (χ2v) is 5.30. The van der Waals surface area contributed by atoms with E-state index in [0.717, 1.165) is 5.56 Å². The smallest absolute Gasteiger partial charge is 0.387 e. The fourth-order valence-corrected chi connectivity index (χ4v) is 2.32. The Morgan fingerprint density at radius 1 is 1.09 bits per heavy atom. The van der Waals surface area contributed by atoms with Crippen molar-refractivity contribution in [3.05, 3.63) is 64.4 Å². The summed E-state index contributed by atoms with van der Waals surface area (Å²) in [6, 6.07) is 10.9. The summed E-state index contributed by atoms with van der Waals surface area (Å²) in [5, 5.41) is 0.382. The molecular formula is C16H15ClF3NO. The molecule has 22 heavy (non-hydrogen) atoms. The highest BCUT2D eigenvalue weighted by Crippen LogP contribution is 2.21. The number of nitrogens with zero attached hydrogens (tertiary/aromatic N) is 1. The van der Waals surface area contributed by atoms with Crippen LogP contribution in [0, 0.1) is 5.82 Å². The van der Waals surface area contributed by atoms with Crippen LogP contribution in [0.15, 0.2) is 42.5 Å². The van der Waals surface area contributed by atoms with Gasteiger partial charge in [-0.3, -0.25) is 4.90 Å². The van der Waals surface area contributed by atoms with Gasteiger partial charge in [-0.15, -0.1) is 0 Å². The molecule has 0 aliphatic heterocycles. The Kier molecular flexibility index (Phi) is 5.69. The molecule has 2 nitrogen and oxygen atoms in total. The van der Waals surface area contributed by atoms with Crippen LogP contribution >= 0.6 is 11.6 Å². The van der Waals surface area contributed by atoms with E-state index < -0.39 is 6.61 Å². The average molecular weight is 330 g/mol. The van der Waals surface area contributed by atoms with E-state index in [1.807, 2.05) is 11.9 Å². The molecule has 0 aromatic heterocycles. The third-order valence-electron chi connectivity index (χ3n) is 3.09. The van der Waals surface area contributed by atoms with Crippen molar-refractivity contribution >= 4 is 11.6 Å². The van der Waals surface area contributed by atoms with Crippen molar-refractivity contribution < 1.29 is 17.9 Å². The van der Waals surface area contributed by atoms with Crippen molar-refractivity contribution in [1.82, 2.24) is 4.90 Å². The SMILES string of the molecule is CN(Cc1ccc(OC(F)F)cc1)Cc1c(F)cccc1Cl. The van der Waals surface area contributed by atoms with Crippen LogP contribution in [-0.2, 0) is 13.1 Å². The summed E-state index contributed by atoms with van der Waals surface area (Å²) in [5.41, 5.74) is 1.33. The van der Waals surface area contributed by atoms with E-state index in [0.29, 0.717) is 23.7 Å². The van der Waals surface area contributed by atoms with Gasteiger partial charge in [-0.1, -0.05) is 29.8 Å². The quantitative estimate of drug-likeness (QED) is 0.761. The summed E-state index contributed by atoms with van der Waals surface area (Å²) >= 11 is 5.99. The number of hydrogen-bond acceptors (Lipinski definition) is 2. The Morgan fingerprint density at radius 2 is 1.77 bits per heavy atom. The maximum absolute atomic E-state index is 13.7. The molecule has 0 amide bonds. The van der Waals surface area contributed by atoms with E-state index in [9.17, 15) is 13.2 Å². The minimum absolute atomic E-state index is 0.110. The average Bonchev–Trinajstić information content (AvgIpc) is 2.45. The summed E-state index contributed by atoms with van der Waals surface area (Å²) in [5.74, 6) is -0.237. The Morgan fingerprint density at radius 3 is 2.36 bits per heavy atom. The van der Waals surface area contributed by atoms with E-state index in [2.05, 4.69) is 4.74 Å². The second-order valence-electron chi connectivity index (χ2n) is 4.89. The van der Waals surface area contributed by atoms with Crippen LogP contribution in [0.2, 0.25) is 5.02 Å². The largest absolute Gasteiger partial charge is 0.435 e. The van der Waals surface area contributed by atoms with E-state index >= 15 is 0 Å². The lowest BCUT2D eigenvalue weighted by atomic mass is 10.1. The molecule has 0 heterocycles. The standard InChI is InChI=1S/C16H15ClF3NO/c1-21(10-13-14(17)3-2-4-15(13)18)9-11-5-7-12(8-6-11)22-16(19)20/h2-8,16H,9-10H2,1H3. The van der Waals surface area contributed by atoms with E-state index in [1.165, 1.54) is 18.2 Å². The molecule has 2 rings (SSSR count). The maximum Gasteiger partial charge on any atom is 0.387 e. The molecule has 2 aromatic rings. The van der Waals surface area contributed by atoms with Gasteiger partial charge in [-0.05, 0) is 36.9 Å². The van der Waals surface area contributed by atoms with Gasteiger partial charge in [0.05, 0.1) is 0 Å². The highest BCUT2D eigenvalue weighted by atomic mass is 35.5. The summed E-state index contributed by atoms with van der Waals surface area (Å²) in [6.07, 6.45) is 0. The number of ether oxygens (including phenoxy) is 1. The first-order valence-electron chi connectivity index (χ1n) is 6.61. The van der Waals surface area contributed by atoms with Gasteiger partial charge in [0.25, 0.3) is 0 Å². The minimum Gasteiger partial charge on any atom is -0.435 e. The first kappa shape index (κ1) is 16.6. The van der Waals surface area contributed by atoms with Crippen LogP contribution < -0.4 is 4.74 Å². The van der Waals surface area contributed by atoms with Gasteiger partial charge in [0.15, 0.2) is 0 Å². The first-order chi connectivity index (χ1) is 10.5. The number of benzene rings is 2. The number of hydrogen-bond donors (Lipinski definition) is 0. The zero-order chi connectivity index (χ0) is 16.1. The van der Waals surface area contributed by atoms with Gasteiger partial charge in [-0.2, -0.15) is 8.78 Å². The number of halogens is 4. The Balaban J connectivity index is 1.98. The molecule has 118 valence electrons. The van der Waals surface area contributed by atoms with Crippen molar-refractivity contribution in [2.24, 2.45) is 0 Å². The van der Waals surface area contributed by atoms with Crippen LogP contribution in [0.3, 0.4) is 0 Å². The van der Waals surface area contributed by atoms with E-state index in [1.54, 1.807) is 24.3 Å². The predicted octanol–water partition coefficient (Wildman–Crippen LogP) is 4.71. The normalized spacial score (nSPS) is 11.2. The summed E-state index contributed by atoms with van der Waals surface area (Å²) in [6.45, 7) is -1.96. The minimum atomic E-state index is -2.84. The fraction of sp³-hybridized carbons (Fsp3) is 0.250. The van der Waals surface area contributed by atoms with Gasteiger partial charge in [-0.25, -0.2) is 4.39 Å². The van der Waals surface area contributed by atoms with Crippen molar-refractivity contribution in [2.75, 3.05) is 7.05 Å². The summed E-state index contributed by atoms with van der Waals surface area (Å²) in [7, 11) is 1.83. The molecule has 0 aliphatic rings. The third-order valence-corrected chi connectivity index (χ3v) is 3.44. The third kappa shape index (κ3) is 4.64. The van der Waals surface area contributed by atoms with Crippen LogP contribution in [-0.4, -0.2) is 18.6 Å². The van der Waals surface area contributed by atoms with Crippen LogP contribution in [0.1, 0.15) is 11.1 Å². The topological polar surface area (TPSA) is 12.5 Å². The van der Waals surface area contributed by atoms with Gasteiger partial charge in [0.1, 0.15) is 11.6 Å². The predicted molar refractivity (Wildman–Crippen MR) is 79.7 cm³/mol. The molecule has 2 aromatic carbocycles. The van der Waals surface area contributed by atoms with Crippen molar-refractivity contribution in [3.8, 4) is 5.75 Å². The fourth-order valence-electron chi connectivity index (χ4n) is 2.10. The van der Waals surface area contributed by atoms with Crippen LogP contribution in [0.25, 0.3) is 0 Å². The highest BCUT2D eigenvalue weighted by Gasteiger charge is 2.10. The van der Waals surface area contributed by atoms with E-state index in [-0.39, 0.29) is 11.6 Å². The van der Waals surface area contributed by atoms with Gasteiger partial charge < -0.3 is 4.74 Å². The van der Waals surface area contributed by atoms with Gasteiger partial charge in [0, 0.05) is 23.7 Å². The lowest BCUT2D eigenvalue weighted by Gasteiger charge is -2.18. The van der Waals surface area contributed by atoms with Crippen molar-refractivity contribution in [2.45, 2.75) is 19.7 Å². The van der Waals surface area contributed by atoms with Crippen LogP contribution in [0.4, 0.5) is 13.2 Å². The van der Waals surface area contributed by atoms with E-state index in [4.69, 9.17) is 11.6 Å². The van der Waals surface area contributed by atoms with Crippen LogP contribution in [0.5, 0.6) is 5.75 Å². The monoisotopic (exact) mass is 329 g/mol. The van der Waals surface area contributed by atoms with Gasteiger partial charge in [0.2, 0.25) is 0 Å². The molecule has 0 saturated carbocycles. The molecule has 0 N–H and O–H groups in total. The molecule has 0 aliphatic carbocycles. The maximum atomic E-state index is 13.7. The Hall–Kier alpha value is -1.72. The molecule has 0 fully saturated rings. The molecule has 6 heteroatoms. The summed E-state index contributed by atoms with van der Waals surface area (Å²) in [4.78, 5) is 1.88. The lowest BCUT2D eigenvalue weighted by Crippen LogP contribution is -2.18. The Bertz CT molecular complexity index is 599. The second kappa shape index (κ2) is 7.51. The zero-order valence-corrected chi connectivity index (χ0v) is 12.7. The van der Waals surface area contributed by atoms with Gasteiger partial charge >= 0.3 is 6.61 Å². The molecular weight excluding hydrogens is 315 g/mol. The highest BCUT2D eigenvalue weighted by molar-refractivity contribution is 6.31. The number of alkyl halides is 2. The molecule has 0 atom stereocenters. The summed E-state index contributed by atoms with van der Waals surface area (Å²) < 4.78 is 42.2. The molecule has 0 bridgehead atoms. The van der Waals surface area contributed by atoms with Crippen molar-refractivity contribution in [3.63, 3.8) is 0 Å². The van der Waals surface area contributed by atoms with Crippen molar-refractivity contribution in [1.29, 1.82) is 0 Å². The Labute approximate surface area is 132 Å². The molecule has 0 radical (unpaired) electrons. The first-order valence-corrected chi connectivity index (χ1v) is 6.98. The number of rotatable bonds is 6. The lowest BCUT2D eigenvalue weighted by molar-refractivity contribution is -0.0498. The molecule has 0 spiro atoms.